The average molecular weight is 164 g/mol. The summed E-state index contributed by atoms with van der Waals surface area (Å²) in [5, 5.41) is 0.577. The quantitative estimate of drug-likeness (QED) is 0.466. The molecule has 0 aromatic rings. The Hall–Kier alpha value is 0.790. The predicted molar refractivity (Wildman–Crippen MR) is 47.1 cm³/mol. The average Bonchev–Trinajstić information content (AvgIpc) is 2.12. The van der Waals surface area contributed by atoms with E-state index in [1.165, 1.54) is 18.6 Å². The van der Waals surface area contributed by atoms with Crippen molar-refractivity contribution in [2.45, 2.75) is 18.1 Å². The van der Waals surface area contributed by atoms with Crippen LogP contribution in [-0.4, -0.2) is 15.2 Å². The Balaban J connectivity index is 2.35. The summed E-state index contributed by atoms with van der Waals surface area (Å²) in [5.74, 6) is 1.27. The molecule has 0 N–H and O–H groups in total. The van der Waals surface area contributed by atoms with Gasteiger partial charge in [0, 0.05) is 5.25 Å². The van der Waals surface area contributed by atoms with Crippen LogP contribution >= 0.6 is 36.6 Å². The van der Waals surface area contributed by atoms with Crippen molar-refractivity contribution < 1.29 is 0 Å². The number of thiol groups is 1. The monoisotopic (exact) mass is 164 g/mol. The molecule has 1 unspecified atom stereocenters. The van der Waals surface area contributed by atoms with Gasteiger partial charge in [-0.25, -0.2) is 0 Å². The lowest BCUT2D eigenvalue weighted by Crippen LogP contribution is -2.02. The summed E-state index contributed by atoms with van der Waals surface area (Å²) < 4.78 is 0.882. The van der Waals surface area contributed by atoms with Crippen molar-refractivity contribution in [2.24, 2.45) is 0 Å². The van der Waals surface area contributed by atoms with Gasteiger partial charge >= 0.3 is 0 Å². The highest BCUT2D eigenvalue weighted by molar-refractivity contribution is 8.15. The Morgan fingerprint density at radius 2 is 2.50 bits per heavy atom. The molecule has 46 valence electrons. The number of rotatable bonds is 1. The molecule has 1 saturated heterocycles. The molecule has 1 fully saturated rings. The van der Waals surface area contributed by atoms with Crippen LogP contribution < -0.4 is 0 Å². The Kier molecular flexibility index (Phi) is 2.66. The largest absolute Gasteiger partial charge is 0.152 e. The van der Waals surface area contributed by atoms with E-state index in [0.29, 0.717) is 5.25 Å². The molecular weight excluding hydrogens is 156 g/mol. The first kappa shape index (κ1) is 6.90. The molecule has 0 nitrogen and oxygen atoms in total. The van der Waals surface area contributed by atoms with E-state index < -0.39 is 0 Å². The minimum atomic E-state index is 0.577. The second-order valence-corrected chi connectivity index (χ2v) is 4.37. The first-order valence-electron chi connectivity index (χ1n) is 2.65. The molecule has 0 aromatic heterocycles. The topological polar surface area (TPSA) is 0 Å². The molecule has 0 aliphatic carbocycles. The maximum absolute atomic E-state index is 4.90. The first-order valence-corrected chi connectivity index (χ1v) is 4.55. The van der Waals surface area contributed by atoms with Crippen LogP contribution in [0, 0.1) is 0 Å². The lowest BCUT2D eigenvalue weighted by molar-refractivity contribution is 0.910. The van der Waals surface area contributed by atoms with Crippen LogP contribution in [0.2, 0.25) is 0 Å². The van der Waals surface area contributed by atoms with Gasteiger partial charge in [0.05, 0.1) is 4.20 Å². The van der Waals surface area contributed by atoms with Crippen molar-refractivity contribution in [3.8, 4) is 0 Å². The summed E-state index contributed by atoms with van der Waals surface area (Å²) >= 11 is 10.9. The smallest absolute Gasteiger partial charge is 0.0578 e. The highest BCUT2D eigenvalue weighted by Crippen LogP contribution is 2.28. The summed E-state index contributed by atoms with van der Waals surface area (Å²) in [7, 11) is 0. The van der Waals surface area contributed by atoms with Crippen LogP contribution in [0.3, 0.4) is 0 Å². The van der Waals surface area contributed by atoms with Crippen LogP contribution in [0.15, 0.2) is 0 Å². The molecule has 1 aliphatic heterocycles. The summed E-state index contributed by atoms with van der Waals surface area (Å²) in [6.07, 6.45) is 2.56. The van der Waals surface area contributed by atoms with E-state index in [-0.39, 0.29) is 0 Å². The first-order chi connectivity index (χ1) is 3.80. The lowest BCUT2D eigenvalue weighted by Gasteiger charge is -2.01. The van der Waals surface area contributed by atoms with Crippen LogP contribution in [-0.2, 0) is 0 Å². The highest BCUT2D eigenvalue weighted by Gasteiger charge is 2.16. The molecule has 3 heteroatoms. The van der Waals surface area contributed by atoms with E-state index >= 15 is 0 Å². The molecule has 1 heterocycles. The number of hydrogen-bond donors (Lipinski definition) is 1. The normalized spacial score (nSPS) is 28.4. The minimum Gasteiger partial charge on any atom is -0.152 e. The SMILES string of the molecule is S=C(S)C1CCCS1. The highest BCUT2D eigenvalue weighted by atomic mass is 32.2. The van der Waals surface area contributed by atoms with Gasteiger partial charge in [0.2, 0.25) is 0 Å². The molecule has 1 rings (SSSR count). The second-order valence-electron chi connectivity index (χ2n) is 1.84. The van der Waals surface area contributed by atoms with Crippen LogP contribution in [0.25, 0.3) is 0 Å². The summed E-state index contributed by atoms with van der Waals surface area (Å²) in [4.78, 5) is 0. The fraction of sp³-hybridized carbons (Fsp3) is 0.800. The Morgan fingerprint density at radius 1 is 1.75 bits per heavy atom. The second kappa shape index (κ2) is 3.08. The molecule has 0 spiro atoms. The number of hydrogen-bond acceptors (Lipinski definition) is 2. The Labute approximate surface area is 64.8 Å². The van der Waals surface area contributed by atoms with Crippen LogP contribution in [0.5, 0.6) is 0 Å². The fourth-order valence-corrected chi connectivity index (χ4v) is 2.54. The molecule has 0 bridgehead atoms. The molecule has 0 radical (unpaired) electrons. The van der Waals surface area contributed by atoms with E-state index in [0.717, 1.165) is 4.20 Å². The van der Waals surface area contributed by atoms with Gasteiger partial charge in [-0.15, -0.1) is 12.6 Å². The third-order valence-corrected chi connectivity index (χ3v) is 3.52. The molecule has 8 heavy (non-hydrogen) atoms. The molecule has 1 aliphatic rings. The van der Waals surface area contributed by atoms with E-state index in [2.05, 4.69) is 12.6 Å². The van der Waals surface area contributed by atoms with Gasteiger partial charge in [0.1, 0.15) is 0 Å². The fourth-order valence-electron chi connectivity index (χ4n) is 0.772. The van der Waals surface area contributed by atoms with Gasteiger partial charge in [-0.3, -0.25) is 0 Å². The summed E-state index contributed by atoms with van der Waals surface area (Å²) in [6.45, 7) is 0. The maximum Gasteiger partial charge on any atom is 0.0578 e. The van der Waals surface area contributed by atoms with Gasteiger partial charge in [0.25, 0.3) is 0 Å². The zero-order valence-corrected chi connectivity index (χ0v) is 6.99. The maximum atomic E-state index is 4.90. The Morgan fingerprint density at radius 3 is 2.75 bits per heavy atom. The molecular formula is C5H8S3. The van der Waals surface area contributed by atoms with Crippen LogP contribution in [0.1, 0.15) is 12.8 Å². The van der Waals surface area contributed by atoms with Crippen molar-refractivity contribution >= 4 is 40.8 Å². The summed E-state index contributed by atoms with van der Waals surface area (Å²) in [6, 6.07) is 0. The van der Waals surface area contributed by atoms with Crippen molar-refractivity contribution in [2.75, 3.05) is 5.75 Å². The number of thiocarbonyl (C=S) groups is 1. The van der Waals surface area contributed by atoms with Crippen molar-refractivity contribution in [3.63, 3.8) is 0 Å². The third-order valence-electron chi connectivity index (χ3n) is 1.21. The van der Waals surface area contributed by atoms with Crippen LogP contribution in [0.4, 0.5) is 0 Å². The van der Waals surface area contributed by atoms with Crippen molar-refractivity contribution in [1.82, 2.24) is 0 Å². The van der Waals surface area contributed by atoms with Crippen molar-refractivity contribution in [1.29, 1.82) is 0 Å². The molecule has 0 amide bonds. The van der Waals surface area contributed by atoms with Gasteiger partial charge in [-0.2, -0.15) is 11.8 Å². The molecule has 0 saturated carbocycles. The third kappa shape index (κ3) is 1.64. The zero-order chi connectivity index (χ0) is 5.98. The van der Waals surface area contributed by atoms with E-state index in [9.17, 15) is 0 Å². The van der Waals surface area contributed by atoms with E-state index in [1.807, 2.05) is 11.8 Å². The van der Waals surface area contributed by atoms with Gasteiger partial charge in [-0.05, 0) is 18.6 Å². The number of thioether (sulfide) groups is 1. The van der Waals surface area contributed by atoms with E-state index in [4.69, 9.17) is 12.2 Å². The molecule has 0 aromatic carbocycles. The van der Waals surface area contributed by atoms with Crippen molar-refractivity contribution in [3.05, 3.63) is 0 Å². The zero-order valence-electron chi connectivity index (χ0n) is 4.46. The molecule has 1 atom stereocenters. The lowest BCUT2D eigenvalue weighted by atomic mass is 10.3. The van der Waals surface area contributed by atoms with E-state index in [1.54, 1.807) is 0 Å². The van der Waals surface area contributed by atoms with Gasteiger partial charge in [0.15, 0.2) is 0 Å². The standard InChI is InChI=1S/C5H8S3/c6-5(7)4-2-1-3-8-4/h4H,1-3H2,(H,6,7). The Bertz CT molecular complexity index is 93.8. The minimum absolute atomic E-state index is 0.577. The predicted octanol–water partition coefficient (Wildman–Crippen LogP) is 2.14. The van der Waals surface area contributed by atoms with Gasteiger partial charge in [-0.1, -0.05) is 12.2 Å². The summed E-state index contributed by atoms with van der Waals surface area (Å²) in [5.41, 5.74) is 0. The van der Waals surface area contributed by atoms with Gasteiger partial charge < -0.3 is 0 Å².